The lowest BCUT2D eigenvalue weighted by molar-refractivity contribution is -0.122. The van der Waals surface area contributed by atoms with Crippen LogP contribution in [0.4, 0.5) is 5.00 Å². The highest BCUT2D eigenvalue weighted by atomic mass is 32.1. The topological polar surface area (TPSA) is 62.1 Å². The zero-order chi connectivity index (χ0) is 16.8. The van der Waals surface area contributed by atoms with E-state index in [2.05, 4.69) is 11.4 Å². The number of carbonyl (C=O) groups excluding carboxylic acids is 1. The standard InChI is InChI=1S/C18H20N2O2S/c1-4-14-12(3)23-18(15(14)11-19)20-17(21)16(5-2)22-13-9-7-6-8-10-13/h6-10,16H,4-5H2,1-3H3,(H,20,21). The molecule has 5 heteroatoms. The van der Waals surface area contributed by atoms with Crippen LogP contribution in [0.3, 0.4) is 0 Å². The van der Waals surface area contributed by atoms with Gasteiger partial charge >= 0.3 is 0 Å². The number of aryl methyl sites for hydroxylation is 1. The van der Waals surface area contributed by atoms with Crippen molar-refractivity contribution >= 4 is 22.2 Å². The van der Waals surface area contributed by atoms with Crippen LogP contribution in [0.2, 0.25) is 0 Å². The Morgan fingerprint density at radius 2 is 2.04 bits per heavy atom. The van der Waals surface area contributed by atoms with Gasteiger partial charge in [0.15, 0.2) is 6.10 Å². The lowest BCUT2D eigenvalue weighted by Gasteiger charge is -2.16. The Hall–Kier alpha value is -2.32. The highest BCUT2D eigenvalue weighted by Crippen LogP contribution is 2.33. The van der Waals surface area contributed by atoms with Gasteiger partial charge in [-0.2, -0.15) is 5.26 Å². The summed E-state index contributed by atoms with van der Waals surface area (Å²) in [5.41, 5.74) is 1.57. The van der Waals surface area contributed by atoms with Gasteiger partial charge in [0.25, 0.3) is 5.91 Å². The van der Waals surface area contributed by atoms with E-state index in [1.807, 2.05) is 51.1 Å². The predicted molar refractivity (Wildman–Crippen MR) is 92.9 cm³/mol. The first kappa shape index (κ1) is 17.0. The minimum absolute atomic E-state index is 0.225. The molecular weight excluding hydrogens is 308 g/mol. The van der Waals surface area contributed by atoms with Gasteiger partial charge in [-0.1, -0.05) is 32.0 Å². The summed E-state index contributed by atoms with van der Waals surface area (Å²) in [5.74, 6) is 0.434. The monoisotopic (exact) mass is 328 g/mol. The molecular formula is C18H20N2O2S. The summed E-state index contributed by atoms with van der Waals surface area (Å²) < 4.78 is 5.74. The summed E-state index contributed by atoms with van der Waals surface area (Å²) in [6.07, 6.45) is 0.739. The van der Waals surface area contributed by atoms with Crippen LogP contribution < -0.4 is 10.1 Å². The molecule has 1 aromatic carbocycles. The smallest absolute Gasteiger partial charge is 0.266 e. The quantitative estimate of drug-likeness (QED) is 0.860. The average Bonchev–Trinajstić information content (AvgIpc) is 2.87. The normalized spacial score (nSPS) is 11.6. The van der Waals surface area contributed by atoms with E-state index in [4.69, 9.17) is 4.74 Å². The third kappa shape index (κ3) is 3.91. The van der Waals surface area contributed by atoms with Gasteiger partial charge < -0.3 is 10.1 Å². The Morgan fingerprint density at radius 1 is 1.35 bits per heavy atom. The van der Waals surface area contributed by atoms with E-state index < -0.39 is 6.10 Å². The molecule has 2 rings (SSSR count). The number of nitriles is 1. The molecule has 1 amide bonds. The molecule has 0 saturated heterocycles. The van der Waals surface area contributed by atoms with E-state index in [-0.39, 0.29) is 5.91 Å². The number of benzene rings is 1. The van der Waals surface area contributed by atoms with Crippen molar-refractivity contribution < 1.29 is 9.53 Å². The Balaban J connectivity index is 2.16. The lowest BCUT2D eigenvalue weighted by atomic mass is 10.1. The first-order valence-corrected chi connectivity index (χ1v) is 8.47. The summed E-state index contributed by atoms with van der Waals surface area (Å²) in [6.45, 7) is 5.88. The van der Waals surface area contributed by atoms with Gasteiger partial charge in [-0.05, 0) is 37.5 Å². The molecule has 0 fully saturated rings. The molecule has 1 unspecified atom stereocenters. The summed E-state index contributed by atoms with van der Waals surface area (Å²) in [5, 5.41) is 12.8. The number of carbonyl (C=O) groups is 1. The van der Waals surface area contributed by atoms with E-state index in [1.165, 1.54) is 11.3 Å². The maximum absolute atomic E-state index is 12.5. The number of hydrogen-bond acceptors (Lipinski definition) is 4. The second-order valence-corrected chi connectivity index (χ2v) is 6.35. The van der Waals surface area contributed by atoms with Crippen LogP contribution in [0.15, 0.2) is 30.3 Å². The molecule has 0 aliphatic carbocycles. The summed E-state index contributed by atoms with van der Waals surface area (Å²) in [6, 6.07) is 11.5. The van der Waals surface area contributed by atoms with Gasteiger partial charge in [-0.25, -0.2) is 0 Å². The van der Waals surface area contributed by atoms with E-state index >= 15 is 0 Å². The summed E-state index contributed by atoms with van der Waals surface area (Å²) in [7, 11) is 0. The zero-order valence-electron chi connectivity index (χ0n) is 13.6. The molecule has 0 aliphatic rings. The first-order chi connectivity index (χ1) is 11.1. The molecule has 0 saturated carbocycles. The molecule has 23 heavy (non-hydrogen) atoms. The van der Waals surface area contributed by atoms with Crippen molar-refractivity contribution in [3.63, 3.8) is 0 Å². The van der Waals surface area contributed by atoms with Crippen molar-refractivity contribution in [3.05, 3.63) is 46.3 Å². The van der Waals surface area contributed by atoms with Crippen molar-refractivity contribution in [2.24, 2.45) is 0 Å². The van der Waals surface area contributed by atoms with Gasteiger partial charge in [-0.3, -0.25) is 4.79 Å². The fourth-order valence-electron chi connectivity index (χ4n) is 2.39. The number of nitrogens with one attached hydrogen (secondary N) is 1. The Bertz CT molecular complexity index is 717. The van der Waals surface area contributed by atoms with Crippen molar-refractivity contribution in [2.45, 2.75) is 39.7 Å². The SMILES string of the molecule is CCc1c(C)sc(NC(=O)C(CC)Oc2ccccc2)c1C#N. The number of nitrogens with zero attached hydrogens (tertiary/aromatic N) is 1. The van der Waals surface area contributed by atoms with Crippen LogP contribution in [0.1, 0.15) is 36.3 Å². The average molecular weight is 328 g/mol. The van der Waals surface area contributed by atoms with E-state index in [0.717, 1.165) is 16.9 Å². The molecule has 0 radical (unpaired) electrons. The molecule has 1 N–H and O–H groups in total. The molecule has 0 aliphatic heterocycles. The number of thiophene rings is 1. The number of amides is 1. The zero-order valence-corrected chi connectivity index (χ0v) is 14.4. The number of para-hydroxylation sites is 1. The molecule has 1 heterocycles. The van der Waals surface area contributed by atoms with Gasteiger partial charge in [0, 0.05) is 4.88 Å². The van der Waals surface area contributed by atoms with E-state index in [0.29, 0.717) is 22.7 Å². The fourth-order valence-corrected chi connectivity index (χ4v) is 3.49. The largest absolute Gasteiger partial charge is 0.481 e. The fraction of sp³-hybridized carbons (Fsp3) is 0.333. The molecule has 0 spiro atoms. The third-order valence-electron chi connectivity index (χ3n) is 3.60. The maximum Gasteiger partial charge on any atom is 0.266 e. The van der Waals surface area contributed by atoms with Crippen molar-refractivity contribution in [3.8, 4) is 11.8 Å². The highest BCUT2D eigenvalue weighted by molar-refractivity contribution is 7.16. The lowest BCUT2D eigenvalue weighted by Crippen LogP contribution is -2.32. The predicted octanol–water partition coefficient (Wildman–Crippen LogP) is 4.29. The van der Waals surface area contributed by atoms with Crippen molar-refractivity contribution in [2.75, 3.05) is 5.32 Å². The molecule has 1 atom stereocenters. The van der Waals surface area contributed by atoms with Crippen molar-refractivity contribution in [1.82, 2.24) is 0 Å². The number of rotatable bonds is 6. The molecule has 1 aromatic heterocycles. The Morgan fingerprint density at radius 3 is 2.61 bits per heavy atom. The third-order valence-corrected chi connectivity index (χ3v) is 4.66. The molecule has 120 valence electrons. The van der Waals surface area contributed by atoms with E-state index in [9.17, 15) is 10.1 Å². The maximum atomic E-state index is 12.5. The van der Waals surface area contributed by atoms with Crippen molar-refractivity contribution in [1.29, 1.82) is 5.26 Å². The minimum atomic E-state index is -0.587. The van der Waals surface area contributed by atoms with Crippen LogP contribution in [0.5, 0.6) is 5.75 Å². The van der Waals surface area contributed by atoms with Gasteiger partial charge in [0.2, 0.25) is 0 Å². The second-order valence-electron chi connectivity index (χ2n) is 5.12. The van der Waals surface area contributed by atoms with Gasteiger partial charge in [-0.15, -0.1) is 11.3 Å². The van der Waals surface area contributed by atoms with Gasteiger partial charge in [0.1, 0.15) is 16.8 Å². The number of ether oxygens (including phenoxy) is 1. The van der Waals surface area contributed by atoms with Crippen LogP contribution >= 0.6 is 11.3 Å². The van der Waals surface area contributed by atoms with Crippen LogP contribution in [0, 0.1) is 18.3 Å². The van der Waals surface area contributed by atoms with Gasteiger partial charge in [0.05, 0.1) is 5.56 Å². The number of anilines is 1. The van der Waals surface area contributed by atoms with Crippen LogP contribution in [-0.4, -0.2) is 12.0 Å². The highest BCUT2D eigenvalue weighted by Gasteiger charge is 2.22. The molecule has 4 nitrogen and oxygen atoms in total. The number of hydrogen-bond donors (Lipinski definition) is 1. The summed E-state index contributed by atoms with van der Waals surface area (Å²) >= 11 is 1.44. The molecule has 2 aromatic rings. The molecule has 0 bridgehead atoms. The second kappa shape index (κ2) is 7.80. The minimum Gasteiger partial charge on any atom is -0.481 e. The Kier molecular flexibility index (Phi) is 5.78. The Labute approximate surface area is 140 Å². The van der Waals surface area contributed by atoms with Crippen LogP contribution in [0.25, 0.3) is 0 Å². The summed E-state index contributed by atoms with van der Waals surface area (Å²) in [4.78, 5) is 13.6. The van der Waals surface area contributed by atoms with E-state index in [1.54, 1.807) is 0 Å². The van der Waals surface area contributed by atoms with Crippen LogP contribution in [-0.2, 0) is 11.2 Å². The first-order valence-electron chi connectivity index (χ1n) is 7.65.